The first-order valence-corrected chi connectivity index (χ1v) is 11.8. The van der Waals surface area contributed by atoms with Crippen LogP contribution in [0.4, 0.5) is 0 Å². The molecule has 5 heteroatoms. The second-order valence-corrected chi connectivity index (χ2v) is 10.4. The van der Waals surface area contributed by atoms with E-state index in [1.165, 1.54) is 16.7 Å². The maximum absolute atomic E-state index is 13.0. The SMILES string of the molecule is Cc1ccc2c3c1OC1[C@H](NC(=O)c4cccc(I)c4)CCC4C(C2)NCCC341. The van der Waals surface area contributed by atoms with Crippen molar-refractivity contribution in [2.24, 2.45) is 5.92 Å². The van der Waals surface area contributed by atoms with E-state index >= 15 is 0 Å². The molecule has 1 spiro atoms. The number of carbonyl (C=O) groups excluding carboxylic acids is 1. The molecule has 5 atom stereocenters. The van der Waals surface area contributed by atoms with E-state index in [9.17, 15) is 4.79 Å². The smallest absolute Gasteiger partial charge is 0.251 e. The van der Waals surface area contributed by atoms with Crippen LogP contribution in [0.1, 0.15) is 46.3 Å². The third-order valence-corrected chi connectivity index (χ3v) is 8.42. The van der Waals surface area contributed by atoms with Gasteiger partial charge in [0.25, 0.3) is 5.91 Å². The van der Waals surface area contributed by atoms with Gasteiger partial charge in [-0.05, 0) is 97.0 Å². The van der Waals surface area contributed by atoms with E-state index in [0.29, 0.717) is 12.0 Å². The Morgan fingerprint density at radius 1 is 1.28 bits per heavy atom. The molecule has 1 saturated carbocycles. The Morgan fingerprint density at radius 3 is 3.03 bits per heavy atom. The van der Waals surface area contributed by atoms with Gasteiger partial charge in [0.1, 0.15) is 11.9 Å². The van der Waals surface area contributed by atoms with E-state index < -0.39 is 0 Å². The second-order valence-electron chi connectivity index (χ2n) is 9.11. The molecule has 2 N–H and O–H groups in total. The molecule has 2 aliphatic heterocycles. The molecule has 1 saturated heterocycles. The van der Waals surface area contributed by atoms with Crippen LogP contribution in [0.3, 0.4) is 0 Å². The van der Waals surface area contributed by atoms with E-state index in [0.717, 1.165) is 47.1 Å². The maximum Gasteiger partial charge on any atom is 0.251 e. The van der Waals surface area contributed by atoms with Crippen LogP contribution in [0.5, 0.6) is 5.75 Å². The second kappa shape index (κ2) is 6.45. The zero-order chi connectivity index (χ0) is 19.8. The molecular weight excluding hydrogens is 475 g/mol. The number of ether oxygens (including phenoxy) is 1. The topological polar surface area (TPSA) is 50.4 Å². The lowest BCUT2D eigenvalue weighted by Gasteiger charge is -2.56. The molecule has 2 fully saturated rings. The van der Waals surface area contributed by atoms with Crippen molar-refractivity contribution >= 4 is 28.5 Å². The number of aryl methyl sites for hydroxylation is 1. The predicted molar refractivity (Wildman–Crippen MR) is 121 cm³/mol. The zero-order valence-electron chi connectivity index (χ0n) is 16.5. The summed E-state index contributed by atoms with van der Waals surface area (Å²) in [6, 6.07) is 12.9. The van der Waals surface area contributed by atoms with E-state index in [1.54, 1.807) is 0 Å². The number of benzene rings is 2. The zero-order valence-corrected chi connectivity index (χ0v) is 18.7. The highest BCUT2D eigenvalue weighted by atomic mass is 127. The summed E-state index contributed by atoms with van der Waals surface area (Å²) in [5.74, 6) is 1.72. The summed E-state index contributed by atoms with van der Waals surface area (Å²) in [6.07, 6.45) is 4.35. The van der Waals surface area contributed by atoms with E-state index in [4.69, 9.17) is 4.74 Å². The molecule has 2 bridgehead atoms. The molecule has 1 amide bonds. The molecule has 6 rings (SSSR count). The third-order valence-electron chi connectivity index (χ3n) is 7.75. The molecule has 2 aromatic carbocycles. The fourth-order valence-corrected chi connectivity index (χ4v) is 7.18. The van der Waals surface area contributed by atoms with Gasteiger partial charge in [0.15, 0.2) is 0 Å². The summed E-state index contributed by atoms with van der Waals surface area (Å²) in [6.45, 7) is 3.19. The van der Waals surface area contributed by atoms with Crippen LogP contribution in [0.2, 0.25) is 0 Å². The molecule has 4 aliphatic rings. The Hall–Kier alpha value is -1.60. The normalized spacial score (nSPS) is 33.6. The van der Waals surface area contributed by atoms with Crippen LogP contribution in [0, 0.1) is 16.4 Å². The van der Waals surface area contributed by atoms with Crippen molar-refractivity contribution in [1.29, 1.82) is 0 Å². The first-order valence-electron chi connectivity index (χ1n) is 10.7. The molecule has 2 aromatic rings. The molecule has 0 aromatic heterocycles. The summed E-state index contributed by atoms with van der Waals surface area (Å²) in [4.78, 5) is 13.0. The standard InChI is InChI=1S/C24H25IN2O2/c1-13-5-6-14-12-19-17-7-8-18(27-23(28)15-3-2-4-16(25)11-15)22-24(17,9-10-26-19)20(14)21(13)29-22/h2-6,11,17-19,22,26H,7-10,12H2,1H3,(H,27,28)/t17?,18-,19?,22?,24?/m1/s1. The molecule has 4 nitrogen and oxygen atoms in total. The van der Waals surface area contributed by atoms with Crippen molar-refractivity contribution in [1.82, 2.24) is 10.6 Å². The third kappa shape index (κ3) is 2.49. The summed E-state index contributed by atoms with van der Waals surface area (Å²) < 4.78 is 7.82. The molecule has 150 valence electrons. The molecule has 2 heterocycles. The Labute approximate surface area is 184 Å². The van der Waals surface area contributed by atoms with Gasteiger partial charge in [-0.15, -0.1) is 0 Å². The average Bonchev–Trinajstić information content (AvgIpc) is 3.05. The van der Waals surface area contributed by atoms with Gasteiger partial charge in [-0.3, -0.25) is 4.79 Å². The molecule has 4 unspecified atom stereocenters. The lowest BCUT2D eigenvalue weighted by Crippen LogP contribution is -2.68. The van der Waals surface area contributed by atoms with Crippen LogP contribution in [0.25, 0.3) is 0 Å². The minimum atomic E-state index is 0.0150. The summed E-state index contributed by atoms with van der Waals surface area (Å²) in [5.41, 5.74) is 4.93. The number of piperidine rings is 1. The van der Waals surface area contributed by atoms with Crippen LogP contribution < -0.4 is 15.4 Å². The summed E-state index contributed by atoms with van der Waals surface area (Å²) in [5, 5.41) is 7.15. The van der Waals surface area contributed by atoms with Crippen molar-refractivity contribution in [3.8, 4) is 5.75 Å². The van der Waals surface area contributed by atoms with Crippen molar-refractivity contribution in [2.45, 2.75) is 56.2 Å². The number of hydrogen-bond acceptors (Lipinski definition) is 3. The number of halogens is 1. The first kappa shape index (κ1) is 18.2. The monoisotopic (exact) mass is 500 g/mol. The quantitative estimate of drug-likeness (QED) is 0.619. The summed E-state index contributed by atoms with van der Waals surface area (Å²) in [7, 11) is 0. The number of hydrogen-bond donors (Lipinski definition) is 2. The van der Waals surface area contributed by atoms with E-state index in [1.807, 2.05) is 24.3 Å². The van der Waals surface area contributed by atoms with Gasteiger partial charge >= 0.3 is 0 Å². The fourth-order valence-electron chi connectivity index (χ4n) is 6.64. The van der Waals surface area contributed by atoms with Gasteiger partial charge in [0.2, 0.25) is 0 Å². The Morgan fingerprint density at radius 2 is 2.17 bits per heavy atom. The van der Waals surface area contributed by atoms with Crippen LogP contribution in [-0.2, 0) is 11.8 Å². The number of amides is 1. The van der Waals surface area contributed by atoms with Gasteiger partial charge in [0, 0.05) is 26.2 Å². The van der Waals surface area contributed by atoms with Gasteiger partial charge in [-0.1, -0.05) is 18.2 Å². The van der Waals surface area contributed by atoms with Crippen LogP contribution >= 0.6 is 22.6 Å². The molecule has 29 heavy (non-hydrogen) atoms. The number of rotatable bonds is 2. The van der Waals surface area contributed by atoms with Crippen LogP contribution in [0.15, 0.2) is 36.4 Å². The van der Waals surface area contributed by atoms with E-state index in [-0.39, 0.29) is 23.5 Å². The van der Waals surface area contributed by atoms with Crippen molar-refractivity contribution in [2.75, 3.05) is 6.54 Å². The Bertz CT molecular complexity index is 1020. The number of carbonyl (C=O) groups is 1. The highest BCUT2D eigenvalue weighted by Gasteiger charge is 2.64. The lowest BCUT2D eigenvalue weighted by molar-refractivity contribution is -0.0169. The summed E-state index contributed by atoms with van der Waals surface area (Å²) >= 11 is 2.26. The molecular formula is C24H25IN2O2. The number of nitrogens with one attached hydrogen (secondary N) is 2. The maximum atomic E-state index is 13.0. The minimum Gasteiger partial charge on any atom is -0.487 e. The van der Waals surface area contributed by atoms with Crippen molar-refractivity contribution in [3.05, 3.63) is 62.2 Å². The van der Waals surface area contributed by atoms with Crippen LogP contribution in [-0.4, -0.2) is 30.6 Å². The average molecular weight is 500 g/mol. The van der Waals surface area contributed by atoms with Crippen molar-refractivity contribution in [3.63, 3.8) is 0 Å². The predicted octanol–water partition coefficient (Wildman–Crippen LogP) is 3.73. The largest absolute Gasteiger partial charge is 0.487 e. The highest BCUT2D eigenvalue weighted by Crippen LogP contribution is 2.61. The molecule has 2 aliphatic carbocycles. The molecule has 0 radical (unpaired) electrons. The highest BCUT2D eigenvalue weighted by molar-refractivity contribution is 14.1. The Kier molecular flexibility index (Phi) is 4.04. The van der Waals surface area contributed by atoms with Gasteiger partial charge in [0.05, 0.1) is 6.04 Å². The van der Waals surface area contributed by atoms with Gasteiger partial charge < -0.3 is 15.4 Å². The first-order chi connectivity index (χ1) is 14.1. The fraction of sp³-hybridized carbons (Fsp3) is 0.458. The minimum absolute atomic E-state index is 0.0150. The van der Waals surface area contributed by atoms with Gasteiger partial charge in [-0.2, -0.15) is 0 Å². The lowest BCUT2D eigenvalue weighted by atomic mass is 9.51. The van der Waals surface area contributed by atoms with E-state index in [2.05, 4.69) is 52.3 Å². The Balaban J connectivity index is 1.40. The van der Waals surface area contributed by atoms with Gasteiger partial charge in [-0.25, -0.2) is 0 Å². The van der Waals surface area contributed by atoms with Crippen molar-refractivity contribution < 1.29 is 9.53 Å².